The molecule has 0 aliphatic carbocycles. The first kappa shape index (κ1) is 11.5. The zero-order valence-electron chi connectivity index (χ0n) is 10.0. The van der Waals surface area contributed by atoms with E-state index in [2.05, 4.69) is 24.4 Å². The minimum atomic E-state index is 0.804. The van der Waals surface area contributed by atoms with Crippen molar-refractivity contribution >= 4 is 0 Å². The Labute approximate surface area is 98.0 Å². The molecule has 16 heavy (non-hydrogen) atoms. The molecule has 1 heterocycles. The Hall–Kier alpha value is -1.02. The molecule has 0 aromatic heterocycles. The maximum absolute atomic E-state index is 5.76. The van der Waals surface area contributed by atoms with Crippen molar-refractivity contribution in [1.29, 1.82) is 0 Å². The average Bonchev–Trinajstić information content (AvgIpc) is 2.30. The van der Waals surface area contributed by atoms with Crippen LogP contribution in [0.4, 0.5) is 0 Å². The third-order valence-corrected chi connectivity index (χ3v) is 3.18. The maximum atomic E-state index is 5.76. The minimum Gasteiger partial charge on any atom is -0.494 e. The number of aryl methyl sites for hydroxylation is 1. The number of piperidine rings is 1. The third-order valence-electron chi connectivity index (χ3n) is 3.18. The van der Waals surface area contributed by atoms with Gasteiger partial charge in [0.25, 0.3) is 0 Å². The topological polar surface area (TPSA) is 21.3 Å². The van der Waals surface area contributed by atoms with Gasteiger partial charge >= 0.3 is 0 Å². The Morgan fingerprint density at radius 2 is 2.38 bits per heavy atom. The molecule has 0 spiro atoms. The van der Waals surface area contributed by atoms with Crippen molar-refractivity contribution < 1.29 is 4.74 Å². The highest BCUT2D eigenvalue weighted by Gasteiger charge is 2.12. The zero-order valence-corrected chi connectivity index (χ0v) is 10.0. The number of hydrogen-bond donors (Lipinski definition) is 1. The first-order valence-corrected chi connectivity index (χ1v) is 6.25. The molecule has 88 valence electrons. The van der Waals surface area contributed by atoms with Gasteiger partial charge in [-0.15, -0.1) is 0 Å². The van der Waals surface area contributed by atoms with E-state index in [0.717, 1.165) is 24.8 Å². The Morgan fingerprint density at radius 3 is 3.12 bits per heavy atom. The summed E-state index contributed by atoms with van der Waals surface area (Å²) in [6.07, 6.45) is 3.83. The van der Waals surface area contributed by atoms with Gasteiger partial charge in [0.1, 0.15) is 5.75 Å². The first-order chi connectivity index (χ1) is 7.84. The van der Waals surface area contributed by atoms with Gasteiger partial charge in [0.05, 0.1) is 6.61 Å². The van der Waals surface area contributed by atoms with Crippen LogP contribution >= 0.6 is 0 Å². The fourth-order valence-electron chi connectivity index (χ4n) is 2.22. The summed E-state index contributed by atoms with van der Waals surface area (Å²) < 4.78 is 5.76. The molecule has 1 aromatic carbocycles. The van der Waals surface area contributed by atoms with Crippen LogP contribution in [0, 0.1) is 12.8 Å². The van der Waals surface area contributed by atoms with Gasteiger partial charge in [0.15, 0.2) is 0 Å². The normalized spacial score (nSPS) is 20.7. The molecule has 1 unspecified atom stereocenters. The zero-order chi connectivity index (χ0) is 11.2. The van der Waals surface area contributed by atoms with Crippen LogP contribution < -0.4 is 10.1 Å². The Morgan fingerprint density at radius 1 is 1.44 bits per heavy atom. The summed E-state index contributed by atoms with van der Waals surface area (Å²) in [6, 6.07) is 8.27. The molecule has 2 nitrogen and oxygen atoms in total. The second-order valence-electron chi connectivity index (χ2n) is 4.67. The van der Waals surface area contributed by atoms with Gasteiger partial charge in [0, 0.05) is 0 Å². The van der Waals surface area contributed by atoms with E-state index in [1.165, 1.54) is 31.4 Å². The predicted octanol–water partition coefficient (Wildman–Crippen LogP) is 2.76. The van der Waals surface area contributed by atoms with Crippen molar-refractivity contribution in [3.8, 4) is 5.75 Å². The van der Waals surface area contributed by atoms with E-state index in [9.17, 15) is 0 Å². The van der Waals surface area contributed by atoms with Crippen LogP contribution in [-0.4, -0.2) is 19.7 Å². The van der Waals surface area contributed by atoms with Gasteiger partial charge in [0.2, 0.25) is 0 Å². The lowest BCUT2D eigenvalue weighted by Gasteiger charge is -2.22. The molecule has 1 aliphatic heterocycles. The second kappa shape index (κ2) is 5.90. The summed E-state index contributed by atoms with van der Waals surface area (Å²) in [5.41, 5.74) is 1.26. The SMILES string of the molecule is Cc1cccc(OCCC2CCCNC2)c1. The van der Waals surface area contributed by atoms with Gasteiger partial charge < -0.3 is 10.1 Å². The molecule has 2 rings (SSSR count). The van der Waals surface area contributed by atoms with Crippen molar-refractivity contribution in [1.82, 2.24) is 5.32 Å². The largest absolute Gasteiger partial charge is 0.494 e. The molecular formula is C14H21NO. The molecule has 1 aliphatic rings. The summed E-state index contributed by atoms with van der Waals surface area (Å²) in [5.74, 6) is 1.81. The standard InChI is InChI=1S/C14H21NO/c1-12-4-2-6-14(10-12)16-9-7-13-5-3-8-15-11-13/h2,4,6,10,13,15H,3,5,7-9,11H2,1H3. The highest BCUT2D eigenvalue weighted by molar-refractivity contribution is 5.27. The van der Waals surface area contributed by atoms with Crippen LogP contribution in [0.1, 0.15) is 24.8 Å². The molecule has 0 radical (unpaired) electrons. The van der Waals surface area contributed by atoms with Crippen LogP contribution in [0.3, 0.4) is 0 Å². The molecule has 0 amide bonds. The van der Waals surface area contributed by atoms with Gasteiger partial charge in [-0.3, -0.25) is 0 Å². The lowest BCUT2D eigenvalue weighted by molar-refractivity contribution is 0.254. The van der Waals surface area contributed by atoms with Crippen molar-refractivity contribution in [2.24, 2.45) is 5.92 Å². The summed E-state index contributed by atoms with van der Waals surface area (Å²) in [6.45, 7) is 5.29. The molecule has 1 N–H and O–H groups in total. The monoisotopic (exact) mass is 219 g/mol. The van der Waals surface area contributed by atoms with Crippen LogP contribution in [0.2, 0.25) is 0 Å². The third kappa shape index (κ3) is 3.53. The summed E-state index contributed by atoms with van der Waals surface area (Å²) in [7, 11) is 0. The van der Waals surface area contributed by atoms with E-state index in [1.54, 1.807) is 0 Å². The molecule has 1 atom stereocenters. The quantitative estimate of drug-likeness (QED) is 0.840. The summed E-state index contributed by atoms with van der Waals surface area (Å²) >= 11 is 0. The van der Waals surface area contributed by atoms with Gasteiger partial charge in [-0.2, -0.15) is 0 Å². The number of rotatable bonds is 4. The lowest BCUT2D eigenvalue weighted by atomic mass is 9.97. The average molecular weight is 219 g/mol. The predicted molar refractivity (Wildman–Crippen MR) is 66.9 cm³/mol. The van der Waals surface area contributed by atoms with Crippen LogP contribution in [0.15, 0.2) is 24.3 Å². The van der Waals surface area contributed by atoms with Crippen molar-refractivity contribution in [3.63, 3.8) is 0 Å². The number of nitrogens with one attached hydrogen (secondary N) is 1. The number of ether oxygens (including phenoxy) is 1. The highest BCUT2D eigenvalue weighted by Crippen LogP contribution is 2.16. The lowest BCUT2D eigenvalue weighted by Crippen LogP contribution is -2.30. The Balaban J connectivity index is 1.71. The molecule has 2 heteroatoms. The smallest absolute Gasteiger partial charge is 0.119 e. The van der Waals surface area contributed by atoms with Crippen molar-refractivity contribution in [2.45, 2.75) is 26.2 Å². The van der Waals surface area contributed by atoms with Crippen molar-refractivity contribution in [3.05, 3.63) is 29.8 Å². The first-order valence-electron chi connectivity index (χ1n) is 6.25. The van der Waals surface area contributed by atoms with E-state index < -0.39 is 0 Å². The van der Waals surface area contributed by atoms with Gasteiger partial charge in [-0.25, -0.2) is 0 Å². The molecule has 0 saturated carbocycles. The maximum Gasteiger partial charge on any atom is 0.119 e. The van der Waals surface area contributed by atoms with Crippen LogP contribution in [0.5, 0.6) is 5.75 Å². The summed E-state index contributed by atoms with van der Waals surface area (Å²) in [5, 5.41) is 3.44. The highest BCUT2D eigenvalue weighted by atomic mass is 16.5. The molecule has 1 aromatic rings. The molecule has 1 fully saturated rings. The number of hydrogen-bond acceptors (Lipinski definition) is 2. The molecular weight excluding hydrogens is 198 g/mol. The van der Waals surface area contributed by atoms with E-state index in [-0.39, 0.29) is 0 Å². The van der Waals surface area contributed by atoms with E-state index in [4.69, 9.17) is 4.74 Å². The molecule has 0 bridgehead atoms. The minimum absolute atomic E-state index is 0.804. The van der Waals surface area contributed by atoms with E-state index in [1.807, 2.05) is 12.1 Å². The Kier molecular flexibility index (Phi) is 4.23. The second-order valence-corrected chi connectivity index (χ2v) is 4.67. The van der Waals surface area contributed by atoms with Crippen LogP contribution in [-0.2, 0) is 0 Å². The van der Waals surface area contributed by atoms with Gasteiger partial charge in [-0.1, -0.05) is 12.1 Å². The van der Waals surface area contributed by atoms with E-state index in [0.29, 0.717) is 0 Å². The fourth-order valence-corrected chi connectivity index (χ4v) is 2.22. The van der Waals surface area contributed by atoms with Gasteiger partial charge in [-0.05, 0) is 62.9 Å². The number of benzene rings is 1. The van der Waals surface area contributed by atoms with Crippen molar-refractivity contribution in [2.75, 3.05) is 19.7 Å². The summed E-state index contributed by atoms with van der Waals surface area (Å²) in [4.78, 5) is 0. The fraction of sp³-hybridized carbons (Fsp3) is 0.571. The Bertz CT molecular complexity index is 318. The van der Waals surface area contributed by atoms with E-state index >= 15 is 0 Å². The van der Waals surface area contributed by atoms with Crippen LogP contribution in [0.25, 0.3) is 0 Å². The molecule has 1 saturated heterocycles.